The zero-order valence-electron chi connectivity index (χ0n) is 12.9. The molecule has 4 atom stereocenters. The normalized spacial score (nSPS) is 34.4. The van der Waals surface area contributed by atoms with Gasteiger partial charge in [0.2, 0.25) is 5.60 Å². The van der Waals surface area contributed by atoms with E-state index in [1.807, 2.05) is 20.0 Å². The Balaban J connectivity index is 1.90. The fourth-order valence-electron chi connectivity index (χ4n) is 4.00. The molecule has 1 aromatic carbocycles. The van der Waals surface area contributed by atoms with Crippen molar-refractivity contribution in [2.24, 2.45) is 5.92 Å². The molecule has 0 aromatic heterocycles. The van der Waals surface area contributed by atoms with E-state index in [2.05, 4.69) is 4.90 Å². The molecule has 2 aliphatic rings. The Morgan fingerprint density at radius 1 is 1.27 bits per heavy atom. The van der Waals surface area contributed by atoms with E-state index in [1.165, 1.54) is 0 Å². The topological polar surface area (TPSA) is 66.8 Å². The van der Waals surface area contributed by atoms with Crippen molar-refractivity contribution in [3.05, 3.63) is 35.9 Å². The Morgan fingerprint density at radius 2 is 1.95 bits per heavy atom. The van der Waals surface area contributed by atoms with Crippen LogP contribution in [-0.2, 0) is 9.53 Å². The minimum absolute atomic E-state index is 0.151. The number of carbonyl (C=O) groups is 2. The molecule has 118 valence electrons. The lowest BCUT2D eigenvalue weighted by Crippen LogP contribution is -2.61. The van der Waals surface area contributed by atoms with Crippen molar-refractivity contribution < 1.29 is 19.4 Å². The summed E-state index contributed by atoms with van der Waals surface area (Å²) in [4.78, 5) is 26.6. The number of aliphatic carboxylic acids is 1. The maximum absolute atomic E-state index is 12.4. The lowest BCUT2D eigenvalue weighted by atomic mass is 9.77. The first-order valence-corrected chi connectivity index (χ1v) is 7.69. The number of rotatable bonds is 3. The molecule has 1 N–H and O–H groups in total. The molecule has 0 aliphatic carbocycles. The number of benzene rings is 1. The summed E-state index contributed by atoms with van der Waals surface area (Å²) >= 11 is 0. The number of nitrogens with zero attached hydrogens (tertiary/aromatic N) is 1. The molecule has 0 unspecified atom stereocenters. The first-order valence-electron chi connectivity index (χ1n) is 7.69. The van der Waals surface area contributed by atoms with Gasteiger partial charge < -0.3 is 9.84 Å². The number of esters is 1. The van der Waals surface area contributed by atoms with E-state index in [-0.39, 0.29) is 18.0 Å². The van der Waals surface area contributed by atoms with Crippen LogP contribution < -0.4 is 0 Å². The fourth-order valence-corrected chi connectivity index (χ4v) is 4.00. The summed E-state index contributed by atoms with van der Waals surface area (Å²) < 4.78 is 5.60. The number of carbonyl (C=O) groups excluding carboxylic acids is 1. The first-order chi connectivity index (χ1) is 10.5. The summed E-state index contributed by atoms with van der Waals surface area (Å²) in [7, 11) is 2.03. The molecule has 0 spiro atoms. The second kappa shape index (κ2) is 5.39. The zero-order valence-corrected chi connectivity index (χ0v) is 12.9. The summed E-state index contributed by atoms with van der Waals surface area (Å²) in [6.07, 6.45) is 2.28. The number of piperidine rings is 1. The van der Waals surface area contributed by atoms with Crippen LogP contribution in [0.25, 0.3) is 0 Å². The van der Waals surface area contributed by atoms with E-state index in [0.717, 1.165) is 12.8 Å². The van der Waals surface area contributed by atoms with Crippen molar-refractivity contribution in [1.29, 1.82) is 0 Å². The minimum atomic E-state index is -1.43. The molecule has 2 bridgehead atoms. The molecular formula is C17H21NO4. The third-order valence-corrected chi connectivity index (χ3v) is 5.39. The molecule has 0 amide bonds. The van der Waals surface area contributed by atoms with Gasteiger partial charge in [-0.05, 0) is 32.0 Å². The number of hydrogen-bond acceptors (Lipinski definition) is 4. The number of carboxylic acid groups (broad SMARTS) is 1. The van der Waals surface area contributed by atoms with E-state index < -0.39 is 17.5 Å². The quantitative estimate of drug-likeness (QED) is 0.867. The highest BCUT2D eigenvalue weighted by Crippen LogP contribution is 2.46. The summed E-state index contributed by atoms with van der Waals surface area (Å²) in [6.45, 7) is 1.88. The number of carboxylic acids is 1. The van der Waals surface area contributed by atoms with Crippen molar-refractivity contribution in [2.45, 2.75) is 43.9 Å². The second-order valence-electron chi connectivity index (χ2n) is 6.41. The fraction of sp³-hybridized carbons (Fsp3) is 0.529. The van der Waals surface area contributed by atoms with Crippen LogP contribution in [0.15, 0.2) is 30.3 Å². The summed E-state index contributed by atoms with van der Waals surface area (Å²) in [5, 5.41) is 9.81. The maximum atomic E-state index is 12.4. The van der Waals surface area contributed by atoms with Crippen LogP contribution >= 0.6 is 0 Å². The van der Waals surface area contributed by atoms with Crippen molar-refractivity contribution in [2.75, 3.05) is 7.05 Å². The van der Waals surface area contributed by atoms with Crippen LogP contribution in [0.1, 0.15) is 36.5 Å². The standard InChI is InChI=1S/C17H21NO4/c1-11-14-9-8-13(18(14)2)10-17(11,16(20)21)22-15(19)12-6-4-3-5-7-12/h3-7,11,13-14H,8-10H2,1-2H3,(H,20,21)/t11-,13-,14+,17+/m1/s1. The molecular weight excluding hydrogens is 282 g/mol. The lowest BCUT2D eigenvalue weighted by molar-refractivity contribution is -0.176. The van der Waals surface area contributed by atoms with Gasteiger partial charge in [-0.3, -0.25) is 4.90 Å². The molecule has 22 heavy (non-hydrogen) atoms. The summed E-state index contributed by atoms with van der Waals surface area (Å²) in [5.74, 6) is -1.82. The Kier molecular flexibility index (Phi) is 3.68. The average Bonchev–Trinajstić information content (AvgIpc) is 2.78. The van der Waals surface area contributed by atoms with Gasteiger partial charge in [-0.15, -0.1) is 0 Å². The highest BCUT2D eigenvalue weighted by molar-refractivity contribution is 5.92. The van der Waals surface area contributed by atoms with E-state index >= 15 is 0 Å². The Hall–Kier alpha value is -1.88. The number of hydrogen-bond donors (Lipinski definition) is 1. The van der Waals surface area contributed by atoms with Crippen LogP contribution in [0.5, 0.6) is 0 Å². The molecule has 5 heteroatoms. The van der Waals surface area contributed by atoms with Gasteiger partial charge in [0.15, 0.2) is 0 Å². The van der Waals surface area contributed by atoms with E-state index in [4.69, 9.17) is 4.74 Å². The Morgan fingerprint density at radius 3 is 2.59 bits per heavy atom. The molecule has 2 fully saturated rings. The van der Waals surface area contributed by atoms with Crippen LogP contribution in [0.3, 0.4) is 0 Å². The van der Waals surface area contributed by atoms with E-state index in [0.29, 0.717) is 12.0 Å². The summed E-state index contributed by atoms with van der Waals surface area (Å²) in [6, 6.07) is 8.90. The highest BCUT2D eigenvalue weighted by atomic mass is 16.6. The third-order valence-electron chi connectivity index (χ3n) is 5.39. The smallest absolute Gasteiger partial charge is 0.348 e. The first kappa shape index (κ1) is 15.0. The third kappa shape index (κ3) is 2.20. The van der Waals surface area contributed by atoms with Crippen LogP contribution in [0.4, 0.5) is 0 Å². The molecule has 2 aliphatic heterocycles. The van der Waals surface area contributed by atoms with E-state index in [1.54, 1.807) is 24.3 Å². The summed E-state index contributed by atoms with van der Waals surface area (Å²) in [5.41, 5.74) is -1.03. The van der Waals surface area contributed by atoms with Gasteiger partial charge in [-0.25, -0.2) is 9.59 Å². The average molecular weight is 303 g/mol. The molecule has 3 rings (SSSR count). The van der Waals surface area contributed by atoms with Crippen LogP contribution in [0, 0.1) is 5.92 Å². The van der Waals surface area contributed by atoms with Gasteiger partial charge in [0.1, 0.15) is 0 Å². The molecule has 2 heterocycles. The van der Waals surface area contributed by atoms with Gasteiger partial charge in [-0.1, -0.05) is 25.1 Å². The lowest BCUT2D eigenvalue weighted by Gasteiger charge is -2.46. The second-order valence-corrected chi connectivity index (χ2v) is 6.41. The van der Waals surface area contributed by atoms with Crippen molar-refractivity contribution in [3.63, 3.8) is 0 Å². The predicted octanol–water partition coefficient (Wildman–Crippen LogP) is 2.17. The van der Waals surface area contributed by atoms with Gasteiger partial charge in [0, 0.05) is 24.4 Å². The number of fused-ring (bicyclic) bond motifs is 2. The van der Waals surface area contributed by atoms with Crippen molar-refractivity contribution in [3.8, 4) is 0 Å². The van der Waals surface area contributed by atoms with Gasteiger partial charge in [-0.2, -0.15) is 0 Å². The van der Waals surface area contributed by atoms with Gasteiger partial charge >= 0.3 is 11.9 Å². The maximum Gasteiger partial charge on any atom is 0.348 e. The predicted molar refractivity (Wildman–Crippen MR) is 80.6 cm³/mol. The molecule has 0 saturated carbocycles. The van der Waals surface area contributed by atoms with E-state index in [9.17, 15) is 14.7 Å². The molecule has 1 aromatic rings. The van der Waals surface area contributed by atoms with Crippen molar-refractivity contribution >= 4 is 11.9 Å². The van der Waals surface area contributed by atoms with Crippen LogP contribution in [-0.4, -0.2) is 46.7 Å². The molecule has 5 nitrogen and oxygen atoms in total. The van der Waals surface area contributed by atoms with Crippen LogP contribution in [0.2, 0.25) is 0 Å². The molecule has 2 saturated heterocycles. The number of ether oxygens (including phenoxy) is 1. The SMILES string of the molecule is C[C@@H]1[C@@H]2CC[C@H](C[C@@]1(OC(=O)c1ccccc1)C(=O)O)N2C. The van der Waals surface area contributed by atoms with Gasteiger partial charge in [0.05, 0.1) is 5.56 Å². The highest BCUT2D eigenvalue weighted by Gasteiger charge is 2.59. The minimum Gasteiger partial charge on any atom is -0.478 e. The molecule has 0 radical (unpaired) electrons. The van der Waals surface area contributed by atoms with Crippen molar-refractivity contribution in [1.82, 2.24) is 4.90 Å². The zero-order chi connectivity index (χ0) is 15.9. The monoisotopic (exact) mass is 303 g/mol. The Labute approximate surface area is 129 Å². The largest absolute Gasteiger partial charge is 0.478 e. The Bertz CT molecular complexity index is 588. The van der Waals surface area contributed by atoms with Gasteiger partial charge in [0.25, 0.3) is 0 Å².